The highest BCUT2D eigenvalue weighted by atomic mass is 32.2. The van der Waals surface area contributed by atoms with E-state index >= 15 is 0 Å². The van der Waals surface area contributed by atoms with Crippen LogP contribution >= 0.6 is 11.3 Å². The summed E-state index contributed by atoms with van der Waals surface area (Å²) in [5, 5.41) is 1.24. The van der Waals surface area contributed by atoms with Crippen LogP contribution in [0.15, 0.2) is 11.4 Å². The van der Waals surface area contributed by atoms with Gasteiger partial charge in [-0.05, 0) is 46.6 Å². The van der Waals surface area contributed by atoms with Crippen LogP contribution in [0.25, 0.3) is 0 Å². The molecule has 1 aliphatic carbocycles. The normalized spacial score (nSPS) is 16.1. The Morgan fingerprint density at radius 2 is 2.11 bits per heavy atom. The van der Waals surface area contributed by atoms with Crippen LogP contribution in [0.4, 0.5) is 0 Å². The lowest BCUT2D eigenvalue weighted by molar-refractivity contribution is 0.180. The predicted molar refractivity (Wildman–Crippen MR) is 110 cm³/mol. The van der Waals surface area contributed by atoms with Gasteiger partial charge in [-0.3, -0.25) is 4.90 Å². The van der Waals surface area contributed by atoms with Crippen LogP contribution in [0.5, 0.6) is 0 Å². The number of aromatic nitrogens is 3. The molecule has 2 aromatic rings. The first kappa shape index (κ1) is 21.4. The van der Waals surface area contributed by atoms with Crippen molar-refractivity contribution in [3.05, 3.63) is 27.5 Å². The zero-order valence-corrected chi connectivity index (χ0v) is 18.9. The summed E-state index contributed by atoms with van der Waals surface area (Å²) in [4.78, 5) is 12.4. The molecule has 7 nitrogen and oxygen atoms in total. The Balaban J connectivity index is 1.83. The third-order valence-electron chi connectivity index (χ3n) is 5.26. The van der Waals surface area contributed by atoms with Gasteiger partial charge < -0.3 is 9.30 Å². The third-order valence-corrected chi connectivity index (χ3v) is 7.95. The van der Waals surface area contributed by atoms with Crippen molar-refractivity contribution in [2.45, 2.75) is 57.9 Å². The van der Waals surface area contributed by atoms with Crippen molar-refractivity contribution in [3.63, 3.8) is 0 Å². The molecule has 0 saturated heterocycles. The van der Waals surface area contributed by atoms with Gasteiger partial charge in [0.1, 0.15) is 0 Å². The van der Waals surface area contributed by atoms with E-state index in [4.69, 9.17) is 4.74 Å². The molecular formula is C19H30N4O3S2. The standard InChI is InChI=1S/C19H30N4O3S2/c1-13(18-14(2)27-15(3)21-18)22(4)11-17-10-20-19(23(17)8-9-26-5)28(24,25)12-16-6-7-16/h10,13,16H,6-9,11-12H2,1-5H3/t13-/m0/s1. The van der Waals surface area contributed by atoms with Crippen LogP contribution in [-0.4, -0.2) is 54.4 Å². The molecule has 156 valence electrons. The van der Waals surface area contributed by atoms with Crippen LogP contribution in [0.2, 0.25) is 0 Å². The summed E-state index contributed by atoms with van der Waals surface area (Å²) in [6.07, 6.45) is 3.69. The van der Waals surface area contributed by atoms with Crippen LogP contribution in [0.3, 0.4) is 0 Å². The first-order valence-corrected chi connectivity index (χ1v) is 12.1. The molecule has 0 bridgehead atoms. The van der Waals surface area contributed by atoms with Crippen molar-refractivity contribution < 1.29 is 13.2 Å². The molecule has 1 fully saturated rings. The van der Waals surface area contributed by atoms with Gasteiger partial charge in [-0.2, -0.15) is 0 Å². The van der Waals surface area contributed by atoms with Crippen molar-refractivity contribution in [1.82, 2.24) is 19.4 Å². The van der Waals surface area contributed by atoms with Crippen LogP contribution in [-0.2, 0) is 27.7 Å². The molecule has 1 atom stereocenters. The molecule has 1 aliphatic rings. The van der Waals surface area contributed by atoms with Gasteiger partial charge in [0, 0.05) is 25.1 Å². The van der Waals surface area contributed by atoms with Gasteiger partial charge in [0.15, 0.2) is 0 Å². The fraction of sp³-hybridized carbons (Fsp3) is 0.684. The largest absolute Gasteiger partial charge is 0.383 e. The van der Waals surface area contributed by atoms with Gasteiger partial charge in [-0.25, -0.2) is 18.4 Å². The van der Waals surface area contributed by atoms with Gasteiger partial charge in [-0.15, -0.1) is 11.3 Å². The lowest BCUT2D eigenvalue weighted by atomic mass is 10.2. The summed E-state index contributed by atoms with van der Waals surface area (Å²) in [5.41, 5.74) is 1.96. The topological polar surface area (TPSA) is 77.3 Å². The highest BCUT2D eigenvalue weighted by Crippen LogP contribution is 2.32. The minimum absolute atomic E-state index is 0.127. The second-order valence-corrected chi connectivity index (χ2v) is 11.0. The molecular weight excluding hydrogens is 396 g/mol. The molecule has 9 heteroatoms. The molecule has 2 aromatic heterocycles. The number of hydrogen-bond donors (Lipinski definition) is 0. The van der Waals surface area contributed by atoms with E-state index in [1.165, 1.54) is 4.88 Å². The Morgan fingerprint density at radius 3 is 2.68 bits per heavy atom. The maximum atomic E-state index is 12.8. The highest BCUT2D eigenvalue weighted by molar-refractivity contribution is 7.91. The zero-order chi connectivity index (χ0) is 20.5. The molecule has 2 heterocycles. The number of ether oxygens (including phenoxy) is 1. The average Bonchev–Trinajstić information content (AvgIpc) is 3.22. The molecule has 0 aliphatic heterocycles. The van der Waals surface area contributed by atoms with Gasteiger partial charge in [0.05, 0.1) is 41.0 Å². The van der Waals surface area contributed by atoms with Crippen LogP contribution in [0.1, 0.15) is 47.1 Å². The average molecular weight is 427 g/mol. The zero-order valence-electron chi connectivity index (χ0n) is 17.3. The number of rotatable bonds is 10. The van der Waals surface area contributed by atoms with Crippen molar-refractivity contribution in [1.29, 1.82) is 0 Å². The first-order chi connectivity index (χ1) is 13.2. The number of sulfone groups is 1. The molecule has 0 radical (unpaired) electrons. The first-order valence-electron chi connectivity index (χ1n) is 9.63. The monoisotopic (exact) mass is 426 g/mol. The highest BCUT2D eigenvalue weighted by Gasteiger charge is 2.32. The van der Waals surface area contributed by atoms with E-state index in [-0.39, 0.29) is 17.0 Å². The van der Waals surface area contributed by atoms with Crippen molar-refractivity contribution >= 4 is 21.2 Å². The summed E-state index contributed by atoms with van der Waals surface area (Å²) >= 11 is 1.70. The van der Waals surface area contributed by atoms with E-state index in [9.17, 15) is 8.42 Å². The number of methoxy groups -OCH3 is 1. The second kappa shape index (κ2) is 8.61. The van der Waals surface area contributed by atoms with E-state index in [0.717, 1.165) is 29.2 Å². The summed E-state index contributed by atoms with van der Waals surface area (Å²) in [6.45, 7) is 7.75. The molecule has 1 saturated carbocycles. The van der Waals surface area contributed by atoms with Gasteiger partial charge in [0.2, 0.25) is 15.0 Å². The Morgan fingerprint density at radius 1 is 1.39 bits per heavy atom. The summed E-state index contributed by atoms with van der Waals surface area (Å²) in [5.74, 6) is 0.486. The quantitative estimate of drug-likeness (QED) is 0.581. The van der Waals surface area contributed by atoms with Gasteiger partial charge in [0.25, 0.3) is 0 Å². The summed E-state index contributed by atoms with van der Waals surface area (Å²) < 4.78 is 32.7. The molecule has 0 unspecified atom stereocenters. The Kier molecular flexibility index (Phi) is 6.58. The van der Waals surface area contributed by atoms with Crippen LogP contribution < -0.4 is 0 Å². The van der Waals surface area contributed by atoms with E-state index in [1.807, 2.05) is 18.5 Å². The van der Waals surface area contributed by atoms with Crippen LogP contribution in [0, 0.1) is 19.8 Å². The predicted octanol–water partition coefficient (Wildman–Crippen LogP) is 2.98. The fourth-order valence-corrected chi connectivity index (χ4v) is 6.16. The second-order valence-electron chi connectivity index (χ2n) is 7.67. The molecule has 0 amide bonds. The fourth-order valence-electron chi connectivity index (χ4n) is 3.39. The number of nitrogens with zero attached hydrogens (tertiary/aromatic N) is 4. The maximum Gasteiger partial charge on any atom is 0.227 e. The maximum absolute atomic E-state index is 12.8. The van der Waals surface area contributed by atoms with E-state index < -0.39 is 9.84 Å². The Hall–Kier alpha value is -1.29. The minimum Gasteiger partial charge on any atom is -0.383 e. The number of thiazole rings is 1. The van der Waals surface area contributed by atoms with E-state index in [0.29, 0.717) is 25.6 Å². The van der Waals surface area contributed by atoms with Gasteiger partial charge in [-0.1, -0.05) is 0 Å². The Bertz CT molecular complexity index is 916. The van der Waals surface area contributed by atoms with Crippen molar-refractivity contribution in [3.8, 4) is 0 Å². The summed E-state index contributed by atoms with van der Waals surface area (Å²) in [7, 11) is 0.272. The van der Waals surface area contributed by atoms with Crippen molar-refractivity contribution in [2.75, 3.05) is 26.5 Å². The smallest absolute Gasteiger partial charge is 0.227 e. The third kappa shape index (κ3) is 4.82. The summed E-state index contributed by atoms with van der Waals surface area (Å²) in [6, 6.07) is 0.127. The van der Waals surface area contributed by atoms with E-state index in [2.05, 4.69) is 28.7 Å². The lowest BCUT2D eigenvalue weighted by Crippen LogP contribution is -2.25. The molecule has 3 rings (SSSR count). The molecule has 0 aromatic carbocycles. The lowest BCUT2D eigenvalue weighted by Gasteiger charge is -2.24. The number of aryl methyl sites for hydroxylation is 2. The SMILES string of the molecule is COCCn1c(CN(C)[C@@H](C)c2nc(C)sc2C)cnc1S(=O)(=O)CC1CC1. The number of imidazole rings is 1. The Labute approximate surface area is 171 Å². The molecule has 0 N–H and O–H groups in total. The minimum atomic E-state index is -3.38. The van der Waals surface area contributed by atoms with Gasteiger partial charge >= 0.3 is 0 Å². The number of hydrogen-bond acceptors (Lipinski definition) is 7. The molecule has 0 spiro atoms. The van der Waals surface area contributed by atoms with E-state index in [1.54, 1.807) is 24.6 Å². The molecule has 28 heavy (non-hydrogen) atoms. The van der Waals surface area contributed by atoms with Crippen molar-refractivity contribution in [2.24, 2.45) is 5.92 Å².